The Labute approximate surface area is 83.6 Å². The summed E-state index contributed by atoms with van der Waals surface area (Å²) in [7, 11) is 0. The van der Waals surface area contributed by atoms with Gasteiger partial charge in [0.25, 0.3) is 0 Å². The van der Waals surface area contributed by atoms with E-state index in [1.807, 2.05) is 19.1 Å². The van der Waals surface area contributed by atoms with Crippen LogP contribution in [0.3, 0.4) is 0 Å². The van der Waals surface area contributed by atoms with Crippen molar-refractivity contribution in [3.8, 4) is 0 Å². The third kappa shape index (κ3) is 1.85. The van der Waals surface area contributed by atoms with Gasteiger partial charge in [-0.25, -0.2) is 0 Å². The number of aliphatic hydroxyl groups excluding tert-OH is 1. The normalized spacial score (nSPS) is 17.9. The van der Waals surface area contributed by atoms with E-state index in [4.69, 9.17) is 0 Å². The van der Waals surface area contributed by atoms with Crippen LogP contribution in [0.4, 0.5) is 0 Å². The quantitative estimate of drug-likeness (QED) is 0.740. The predicted octanol–water partition coefficient (Wildman–Crippen LogP) is 1.95. The van der Waals surface area contributed by atoms with Crippen molar-refractivity contribution in [2.45, 2.75) is 25.9 Å². The topological polar surface area (TPSA) is 37.3 Å². The van der Waals surface area contributed by atoms with E-state index in [1.165, 1.54) is 0 Å². The van der Waals surface area contributed by atoms with Gasteiger partial charge in [-0.05, 0) is 25.7 Å². The number of ketones is 1. The highest BCUT2D eigenvalue weighted by atomic mass is 16.3. The summed E-state index contributed by atoms with van der Waals surface area (Å²) in [5.41, 5.74) is 1.75. The zero-order valence-corrected chi connectivity index (χ0v) is 8.23. The maximum Gasteiger partial charge on any atom is 0.191 e. The summed E-state index contributed by atoms with van der Waals surface area (Å²) in [5, 5.41) is 9.63. The van der Waals surface area contributed by atoms with Crippen molar-refractivity contribution in [1.82, 2.24) is 0 Å². The lowest BCUT2D eigenvalue weighted by Crippen LogP contribution is -2.22. The lowest BCUT2D eigenvalue weighted by molar-refractivity contribution is 0.0704. The molecule has 0 radical (unpaired) electrons. The maximum absolute atomic E-state index is 11.7. The van der Waals surface area contributed by atoms with E-state index in [0.717, 1.165) is 18.4 Å². The minimum atomic E-state index is -0.780. The molecule has 1 atom stereocenters. The monoisotopic (exact) mass is 190 g/mol. The number of aryl methyl sites for hydroxylation is 1. The van der Waals surface area contributed by atoms with Gasteiger partial charge in [-0.15, -0.1) is 0 Å². The van der Waals surface area contributed by atoms with Gasteiger partial charge in [0, 0.05) is 5.56 Å². The second-order valence-electron chi connectivity index (χ2n) is 4.01. The molecule has 1 N–H and O–H groups in total. The van der Waals surface area contributed by atoms with Gasteiger partial charge in [-0.2, -0.15) is 0 Å². The Bertz CT molecular complexity index is 336. The Balaban J connectivity index is 2.13. The lowest BCUT2D eigenvalue weighted by Gasteiger charge is -2.07. The third-order valence-electron chi connectivity index (χ3n) is 2.67. The molecule has 0 bridgehead atoms. The van der Waals surface area contributed by atoms with E-state index in [1.54, 1.807) is 12.1 Å². The lowest BCUT2D eigenvalue weighted by atomic mass is 10.0. The van der Waals surface area contributed by atoms with Crippen LogP contribution < -0.4 is 0 Å². The summed E-state index contributed by atoms with van der Waals surface area (Å²) >= 11 is 0. The van der Waals surface area contributed by atoms with Gasteiger partial charge in [0.1, 0.15) is 6.10 Å². The maximum atomic E-state index is 11.7. The number of benzene rings is 1. The first-order chi connectivity index (χ1) is 6.68. The number of carbonyl (C=O) groups is 1. The summed E-state index contributed by atoms with van der Waals surface area (Å²) in [6, 6.07) is 7.35. The van der Waals surface area contributed by atoms with Crippen LogP contribution >= 0.6 is 0 Å². The molecule has 1 aromatic carbocycles. The standard InChI is InChI=1S/C12H14O2/c1-8-2-4-9(5-3-8)11(13)12(14)10-6-7-10/h2-5,10,12,14H,6-7H2,1H3. The summed E-state index contributed by atoms with van der Waals surface area (Å²) in [4.78, 5) is 11.7. The van der Waals surface area contributed by atoms with Gasteiger partial charge in [-0.1, -0.05) is 29.8 Å². The number of hydrogen-bond donors (Lipinski definition) is 1. The Morgan fingerprint density at radius 1 is 1.36 bits per heavy atom. The first kappa shape index (κ1) is 9.41. The molecule has 1 unspecified atom stereocenters. The number of carbonyl (C=O) groups excluding carboxylic acids is 1. The van der Waals surface area contributed by atoms with Gasteiger partial charge < -0.3 is 5.11 Å². The van der Waals surface area contributed by atoms with Crippen molar-refractivity contribution in [1.29, 1.82) is 0 Å². The van der Waals surface area contributed by atoms with Crippen LogP contribution in [-0.2, 0) is 0 Å². The van der Waals surface area contributed by atoms with Crippen LogP contribution in [0.15, 0.2) is 24.3 Å². The zero-order valence-electron chi connectivity index (χ0n) is 8.23. The van der Waals surface area contributed by atoms with Crippen LogP contribution in [0.1, 0.15) is 28.8 Å². The van der Waals surface area contributed by atoms with Crippen molar-refractivity contribution in [3.05, 3.63) is 35.4 Å². The zero-order chi connectivity index (χ0) is 10.1. The Kier molecular flexibility index (Phi) is 2.38. The molecule has 1 aliphatic rings. The molecule has 74 valence electrons. The van der Waals surface area contributed by atoms with Gasteiger partial charge >= 0.3 is 0 Å². The molecule has 2 rings (SSSR count). The average Bonchev–Trinajstić information content (AvgIpc) is 3.00. The number of aliphatic hydroxyl groups is 1. The molecule has 14 heavy (non-hydrogen) atoms. The van der Waals surface area contributed by atoms with E-state index in [0.29, 0.717) is 5.56 Å². The van der Waals surface area contributed by atoms with Crippen molar-refractivity contribution in [3.63, 3.8) is 0 Å². The smallest absolute Gasteiger partial charge is 0.191 e. The first-order valence-corrected chi connectivity index (χ1v) is 4.97. The highest BCUT2D eigenvalue weighted by molar-refractivity contribution is 5.99. The SMILES string of the molecule is Cc1ccc(C(=O)C(O)C2CC2)cc1. The molecule has 0 spiro atoms. The number of Topliss-reactive ketones (excluding diaryl/α,β-unsaturated/α-hetero) is 1. The fraction of sp³-hybridized carbons (Fsp3) is 0.417. The van der Waals surface area contributed by atoms with E-state index < -0.39 is 6.10 Å². The van der Waals surface area contributed by atoms with Crippen molar-refractivity contribution in [2.75, 3.05) is 0 Å². The van der Waals surface area contributed by atoms with Crippen molar-refractivity contribution >= 4 is 5.78 Å². The molecule has 0 amide bonds. The third-order valence-corrected chi connectivity index (χ3v) is 2.67. The summed E-state index contributed by atoms with van der Waals surface area (Å²) in [6.07, 6.45) is 1.19. The van der Waals surface area contributed by atoms with Gasteiger partial charge in [0.05, 0.1) is 0 Å². The molecule has 2 nitrogen and oxygen atoms in total. The first-order valence-electron chi connectivity index (χ1n) is 4.97. The molecule has 1 aliphatic carbocycles. The van der Waals surface area contributed by atoms with Crippen LogP contribution in [0.25, 0.3) is 0 Å². The fourth-order valence-corrected chi connectivity index (χ4v) is 1.51. The van der Waals surface area contributed by atoms with E-state index in [2.05, 4.69) is 0 Å². The van der Waals surface area contributed by atoms with E-state index in [-0.39, 0.29) is 11.7 Å². The van der Waals surface area contributed by atoms with E-state index >= 15 is 0 Å². The molecule has 0 saturated heterocycles. The predicted molar refractivity (Wildman–Crippen MR) is 54.2 cm³/mol. The Morgan fingerprint density at radius 3 is 2.43 bits per heavy atom. The summed E-state index contributed by atoms with van der Waals surface area (Å²) in [5.74, 6) is 0.0799. The second-order valence-corrected chi connectivity index (χ2v) is 4.01. The van der Waals surface area contributed by atoms with Crippen LogP contribution in [0.2, 0.25) is 0 Å². The molecule has 1 fully saturated rings. The fourth-order valence-electron chi connectivity index (χ4n) is 1.51. The van der Waals surface area contributed by atoms with Crippen molar-refractivity contribution < 1.29 is 9.90 Å². The van der Waals surface area contributed by atoms with Gasteiger partial charge in [-0.3, -0.25) is 4.79 Å². The average molecular weight is 190 g/mol. The molecule has 2 heteroatoms. The van der Waals surface area contributed by atoms with Crippen LogP contribution in [0.5, 0.6) is 0 Å². The minimum absolute atomic E-state index is 0.132. The molecular formula is C12H14O2. The van der Waals surface area contributed by atoms with Crippen LogP contribution in [0, 0.1) is 12.8 Å². The molecule has 0 heterocycles. The summed E-state index contributed by atoms with van der Waals surface area (Å²) < 4.78 is 0. The number of hydrogen-bond acceptors (Lipinski definition) is 2. The highest BCUT2D eigenvalue weighted by Crippen LogP contribution is 2.33. The molecular weight excluding hydrogens is 176 g/mol. The van der Waals surface area contributed by atoms with Crippen LogP contribution in [-0.4, -0.2) is 17.0 Å². The molecule has 0 aromatic heterocycles. The molecule has 1 aromatic rings. The minimum Gasteiger partial charge on any atom is -0.385 e. The Hall–Kier alpha value is -1.15. The highest BCUT2D eigenvalue weighted by Gasteiger charge is 2.34. The molecule has 0 aliphatic heterocycles. The second kappa shape index (κ2) is 3.54. The van der Waals surface area contributed by atoms with E-state index in [9.17, 15) is 9.90 Å². The number of rotatable bonds is 3. The van der Waals surface area contributed by atoms with Gasteiger partial charge in [0.2, 0.25) is 0 Å². The largest absolute Gasteiger partial charge is 0.385 e. The van der Waals surface area contributed by atoms with Crippen molar-refractivity contribution in [2.24, 2.45) is 5.92 Å². The Morgan fingerprint density at radius 2 is 1.93 bits per heavy atom. The summed E-state index contributed by atoms with van der Waals surface area (Å²) in [6.45, 7) is 1.98. The van der Waals surface area contributed by atoms with Gasteiger partial charge in [0.15, 0.2) is 5.78 Å². The molecule has 1 saturated carbocycles.